The van der Waals surface area contributed by atoms with E-state index in [1.54, 1.807) is 24.3 Å². The molecule has 2 heterocycles. The standard InChI is InChI=1S/C14H9Cl2N3O4/c15-8-3-4-10(9(16)6-8)17-12(20)7-19-14(21)23-13(18-19)11-2-1-5-22-11/h1-6H,7H2,(H,17,20). The molecule has 0 saturated heterocycles. The van der Waals surface area contributed by atoms with Gasteiger partial charge in [0.1, 0.15) is 6.54 Å². The maximum absolute atomic E-state index is 12.0. The number of rotatable bonds is 4. The van der Waals surface area contributed by atoms with Crippen LogP contribution in [0, 0.1) is 0 Å². The second-order valence-corrected chi connectivity index (χ2v) is 5.32. The third kappa shape index (κ3) is 3.46. The summed E-state index contributed by atoms with van der Waals surface area (Å²) in [5, 5.41) is 7.20. The Kier molecular flexibility index (Phi) is 4.22. The van der Waals surface area contributed by atoms with E-state index in [1.165, 1.54) is 12.3 Å². The summed E-state index contributed by atoms with van der Waals surface area (Å²) in [6.45, 7) is -0.331. The van der Waals surface area contributed by atoms with Gasteiger partial charge in [-0.1, -0.05) is 23.2 Å². The molecule has 1 amide bonds. The molecule has 0 bridgehead atoms. The number of nitrogens with one attached hydrogen (secondary N) is 1. The number of carbonyl (C=O) groups is 1. The molecule has 0 spiro atoms. The van der Waals surface area contributed by atoms with Gasteiger partial charge in [0.15, 0.2) is 5.76 Å². The molecule has 0 saturated carbocycles. The molecule has 23 heavy (non-hydrogen) atoms. The Hall–Kier alpha value is -2.51. The third-order valence-corrected chi connectivity index (χ3v) is 3.38. The van der Waals surface area contributed by atoms with Crippen LogP contribution in [-0.2, 0) is 11.3 Å². The largest absolute Gasteiger partial charge is 0.459 e. The molecule has 1 aromatic carbocycles. The lowest BCUT2D eigenvalue weighted by atomic mass is 10.3. The van der Waals surface area contributed by atoms with Gasteiger partial charge in [-0.25, -0.2) is 4.79 Å². The van der Waals surface area contributed by atoms with Gasteiger partial charge in [-0.3, -0.25) is 4.79 Å². The van der Waals surface area contributed by atoms with Crippen molar-refractivity contribution in [3.63, 3.8) is 0 Å². The number of hydrogen-bond donors (Lipinski definition) is 1. The summed E-state index contributed by atoms with van der Waals surface area (Å²) < 4.78 is 10.9. The van der Waals surface area contributed by atoms with Crippen LogP contribution in [0.5, 0.6) is 0 Å². The van der Waals surface area contributed by atoms with Crippen LogP contribution in [0.15, 0.2) is 50.2 Å². The second kappa shape index (κ2) is 6.31. The van der Waals surface area contributed by atoms with Crippen molar-refractivity contribution in [2.45, 2.75) is 6.54 Å². The number of benzene rings is 1. The number of halogens is 2. The van der Waals surface area contributed by atoms with E-state index in [9.17, 15) is 9.59 Å². The van der Waals surface area contributed by atoms with Crippen molar-refractivity contribution < 1.29 is 13.6 Å². The smallest absolute Gasteiger partial charge is 0.437 e. The van der Waals surface area contributed by atoms with E-state index in [2.05, 4.69) is 10.4 Å². The van der Waals surface area contributed by atoms with Gasteiger partial charge in [0.25, 0.3) is 5.89 Å². The summed E-state index contributed by atoms with van der Waals surface area (Å²) in [6, 6.07) is 7.85. The molecule has 7 nitrogen and oxygen atoms in total. The summed E-state index contributed by atoms with van der Waals surface area (Å²) in [4.78, 5) is 23.7. The van der Waals surface area contributed by atoms with Crippen molar-refractivity contribution in [2.75, 3.05) is 5.32 Å². The van der Waals surface area contributed by atoms with Crippen molar-refractivity contribution in [1.29, 1.82) is 0 Å². The highest BCUT2D eigenvalue weighted by Crippen LogP contribution is 2.25. The van der Waals surface area contributed by atoms with Gasteiger partial charge in [0, 0.05) is 5.02 Å². The maximum Gasteiger partial charge on any atom is 0.437 e. The van der Waals surface area contributed by atoms with Crippen molar-refractivity contribution in [3.05, 3.63) is 57.2 Å². The van der Waals surface area contributed by atoms with E-state index < -0.39 is 11.7 Å². The lowest BCUT2D eigenvalue weighted by Gasteiger charge is -2.06. The van der Waals surface area contributed by atoms with Crippen molar-refractivity contribution in [2.24, 2.45) is 0 Å². The second-order valence-electron chi connectivity index (χ2n) is 4.48. The monoisotopic (exact) mass is 353 g/mol. The highest BCUT2D eigenvalue weighted by molar-refractivity contribution is 6.36. The normalized spacial score (nSPS) is 10.7. The van der Waals surface area contributed by atoms with E-state index in [0.29, 0.717) is 16.5 Å². The Morgan fingerprint density at radius 1 is 1.30 bits per heavy atom. The van der Waals surface area contributed by atoms with E-state index in [4.69, 9.17) is 32.0 Å². The number of furan rings is 1. The van der Waals surface area contributed by atoms with Gasteiger partial charge in [-0.15, -0.1) is 5.10 Å². The number of anilines is 1. The first kappa shape index (κ1) is 15.4. The first-order valence-corrected chi connectivity index (χ1v) is 7.15. The molecule has 9 heteroatoms. The van der Waals surface area contributed by atoms with Crippen LogP contribution < -0.4 is 11.1 Å². The Labute approximate surface area is 139 Å². The number of nitrogens with zero attached hydrogens (tertiary/aromatic N) is 2. The fraction of sp³-hybridized carbons (Fsp3) is 0.0714. The lowest BCUT2D eigenvalue weighted by molar-refractivity contribution is -0.117. The summed E-state index contributed by atoms with van der Waals surface area (Å²) >= 11 is 11.7. The Morgan fingerprint density at radius 3 is 2.83 bits per heavy atom. The summed E-state index contributed by atoms with van der Waals surface area (Å²) in [6.07, 6.45) is 1.42. The topological polar surface area (TPSA) is 90.3 Å². The molecular weight excluding hydrogens is 345 g/mol. The molecule has 0 aliphatic rings. The predicted molar refractivity (Wildman–Crippen MR) is 83.6 cm³/mol. The molecule has 3 rings (SSSR count). The Balaban J connectivity index is 1.74. The van der Waals surface area contributed by atoms with Crippen LogP contribution in [0.25, 0.3) is 11.7 Å². The van der Waals surface area contributed by atoms with Crippen molar-refractivity contribution >= 4 is 34.8 Å². The summed E-state index contributed by atoms with van der Waals surface area (Å²) in [5.41, 5.74) is 0.379. The molecule has 0 aliphatic heterocycles. The highest BCUT2D eigenvalue weighted by atomic mass is 35.5. The summed E-state index contributed by atoms with van der Waals surface area (Å²) in [7, 11) is 0. The van der Waals surface area contributed by atoms with Crippen LogP contribution in [0.4, 0.5) is 5.69 Å². The van der Waals surface area contributed by atoms with E-state index in [1.807, 2.05) is 0 Å². The molecule has 2 aromatic heterocycles. The molecule has 0 aliphatic carbocycles. The molecular formula is C14H9Cl2N3O4. The minimum absolute atomic E-state index is 0.00248. The molecule has 0 unspecified atom stereocenters. The van der Waals surface area contributed by atoms with E-state index in [0.717, 1.165) is 4.68 Å². The molecule has 3 aromatic rings. The van der Waals surface area contributed by atoms with E-state index >= 15 is 0 Å². The SMILES string of the molecule is O=C(Cn1nc(-c2ccco2)oc1=O)Nc1ccc(Cl)cc1Cl. The van der Waals surface area contributed by atoms with Crippen molar-refractivity contribution in [3.8, 4) is 11.7 Å². The average Bonchev–Trinajstić information content (AvgIpc) is 3.13. The molecule has 0 atom stereocenters. The van der Waals surface area contributed by atoms with Gasteiger partial charge < -0.3 is 14.2 Å². The molecule has 0 radical (unpaired) electrons. The number of hydrogen-bond acceptors (Lipinski definition) is 5. The average molecular weight is 354 g/mol. The molecule has 118 valence electrons. The lowest BCUT2D eigenvalue weighted by Crippen LogP contribution is -2.26. The van der Waals surface area contributed by atoms with Crippen LogP contribution >= 0.6 is 23.2 Å². The van der Waals surface area contributed by atoms with Crippen LogP contribution in [0.2, 0.25) is 10.0 Å². The fourth-order valence-electron chi connectivity index (χ4n) is 1.82. The first-order valence-electron chi connectivity index (χ1n) is 6.39. The van der Waals surface area contributed by atoms with E-state index in [-0.39, 0.29) is 17.5 Å². The van der Waals surface area contributed by atoms with Crippen LogP contribution in [0.1, 0.15) is 0 Å². The first-order chi connectivity index (χ1) is 11.0. The molecule has 0 fully saturated rings. The van der Waals surface area contributed by atoms with Crippen LogP contribution in [0.3, 0.4) is 0 Å². The van der Waals surface area contributed by atoms with Gasteiger partial charge in [-0.05, 0) is 30.3 Å². The fourth-order valence-corrected chi connectivity index (χ4v) is 2.28. The Bertz CT molecular complexity index is 899. The van der Waals surface area contributed by atoms with Gasteiger partial charge >= 0.3 is 5.76 Å². The zero-order valence-corrected chi connectivity index (χ0v) is 13.0. The summed E-state index contributed by atoms with van der Waals surface area (Å²) in [5.74, 6) is -0.969. The number of carbonyl (C=O) groups excluding carboxylic acids is 1. The van der Waals surface area contributed by atoms with Gasteiger partial charge in [0.2, 0.25) is 5.91 Å². The highest BCUT2D eigenvalue weighted by Gasteiger charge is 2.15. The van der Waals surface area contributed by atoms with Gasteiger partial charge in [0.05, 0.1) is 17.0 Å². The maximum atomic E-state index is 12.0. The zero-order chi connectivity index (χ0) is 16.4. The molecule has 1 N–H and O–H groups in total. The zero-order valence-electron chi connectivity index (χ0n) is 11.5. The minimum Gasteiger partial charge on any atom is -0.459 e. The predicted octanol–water partition coefficient (Wildman–Crippen LogP) is 3.04. The number of amides is 1. The number of aromatic nitrogens is 2. The van der Waals surface area contributed by atoms with Crippen molar-refractivity contribution in [1.82, 2.24) is 9.78 Å². The Morgan fingerprint density at radius 2 is 2.13 bits per heavy atom. The quantitative estimate of drug-likeness (QED) is 0.778. The third-order valence-electron chi connectivity index (χ3n) is 2.84. The van der Waals surface area contributed by atoms with Gasteiger partial charge in [-0.2, -0.15) is 4.68 Å². The van der Waals surface area contributed by atoms with Crippen LogP contribution in [-0.4, -0.2) is 15.7 Å². The minimum atomic E-state index is -0.770.